The third kappa shape index (κ3) is 3.85. The number of amidine groups is 1. The number of nitrogens with zero attached hydrogens (tertiary/aromatic N) is 2. The number of aliphatic imine (C=N–C) groups is 2. The third-order valence-electron chi connectivity index (χ3n) is 1.86. The first-order chi connectivity index (χ1) is 7.42. The molecule has 0 saturated carbocycles. The topological polar surface area (TPSA) is 34.0 Å². The third-order valence-corrected chi connectivity index (χ3v) is 1.86. The first kappa shape index (κ1) is 12.4. The minimum absolute atomic E-state index is 0.307. The summed E-state index contributed by atoms with van der Waals surface area (Å²) < 4.78 is 5.57. The molecule has 0 radical (unpaired) electrons. The highest BCUT2D eigenvalue weighted by Gasteiger charge is 2.14. The summed E-state index contributed by atoms with van der Waals surface area (Å²) in [5.41, 5.74) is 1.62. The van der Waals surface area contributed by atoms with E-state index in [1.165, 1.54) is 0 Å². The molecule has 1 rings (SSSR count). The molecule has 1 aromatic carbocycles. The molecule has 0 bridgehead atoms. The molecule has 0 amide bonds. The summed E-state index contributed by atoms with van der Waals surface area (Å²) in [7, 11) is 0. The molecule has 0 heterocycles. The Morgan fingerprint density at radius 1 is 1.25 bits per heavy atom. The Hall–Kier alpha value is -1.64. The number of rotatable bonds is 1. The second kappa shape index (κ2) is 4.92. The predicted molar refractivity (Wildman–Crippen MR) is 68.7 cm³/mol. The van der Waals surface area contributed by atoms with Crippen LogP contribution in [-0.4, -0.2) is 18.3 Å². The Bertz CT molecular complexity index is 403. The summed E-state index contributed by atoms with van der Waals surface area (Å²) in [6.45, 7) is 11.3. The summed E-state index contributed by atoms with van der Waals surface area (Å²) in [6.07, 6.45) is 0. The van der Waals surface area contributed by atoms with Crippen LogP contribution >= 0.6 is 0 Å². The van der Waals surface area contributed by atoms with Gasteiger partial charge in [0.2, 0.25) is 0 Å². The van der Waals surface area contributed by atoms with E-state index in [1.54, 1.807) is 0 Å². The van der Waals surface area contributed by atoms with Gasteiger partial charge in [-0.2, -0.15) is 4.99 Å². The van der Waals surface area contributed by atoms with Crippen molar-refractivity contribution in [1.82, 2.24) is 0 Å². The van der Waals surface area contributed by atoms with Crippen molar-refractivity contribution >= 4 is 18.4 Å². The van der Waals surface area contributed by atoms with E-state index in [0.29, 0.717) is 6.02 Å². The molecule has 0 unspecified atom stereocenters. The average Bonchev–Trinajstić information content (AvgIpc) is 2.18. The lowest BCUT2D eigenvalue weighted by Crippen LogP contribution is -2.22. The normalized spacial score (nSPS) is 12.4. The summed E-state index contributed by atoms with van der Waals surface area (Å²) >= 11 is 0. The maximum Gasteiger partial charge on any atom is 0.316 e. The van der Waals surface area contributed by atoms with Crippen LogP contribution in [0.2, 0.25) is 0 Å². The molecule has 0 saturated heterocycles. The van der Waals surface area contributed by atoms with Crippen molar-refractivity contribution in [3.05, 3.63) is 29.8 Å². The van der Waals surface area contributed by atoms with E-state index in [4.69, 9.17) is 4.74 Å². The summed E-state index contributed by atoms with van der Waals surface area (Å²) in [5, 5.41) is 0. The van der Waals surface area contributed by atoms with Gasteiger partial charge in [0.1, 0.15) is 5.60 Å². The van der Waals surface area contributed by atoms with Gasteiger partial charge in [0.15, 0.2) is 0 Å². The van der Waals surface area contributed by atoms with Gasteiger partial charge >= 0.3 is 6.02 Å². The SMILES string of the molecule is C=N/C(=N\c1ccccc1C)OC(C)(C)C. The zero-order valence-corrected chi connectivity index (χ0v) is 10.3. The number of hydrogen-bond donors (Lipinski definition) is 0. The van der Waals surface area contributed by atoms with Gasteiger partial charge in [0, 0.05) is 0 Å². The first-order valence-corrected chi connectivity index (χ1v) is 5.22. The highest BCUT2D eigenvalue weighted by molar-refractivity contribution is 5.82. The van der Waals surface area contributed by atoms with Crippen LogP contribution in [-0.2, 0) is 4.74 Å². The average molecular weight is 218 g/mol. The minimum Gasteiger partial charge on any atom is -0.458 e. The largest absolute Gasteiger partial charge is 0.458 e. The quantitative estimate of drug-likeness (QED) is 0.524. The van der Waals surface area contributed by atoms with Crippen LogP contribution in [0, 0.1) is 6.92 Å². The molecule has 0 aliphatic rings. The Balaban J connectivity index is 2.97. The Labute approximate surface area is 96.9 Å². The zero-order valence-electron chi connectivity index (χ0n) is 10.3. The monoisotopic (exact) mass is 218 g/mol. The molecule has 86 valence electrons. The van der Waals surface area contributed by atoms with Gasteiger partial charge < -0.3 is 4.74 Å². The van der Waals surface area contributed by atoms with E-state index in [0.717, 1.165) is 11.3 Å². The van der Waals surface area contributed by atoms with E-state index in [1.807, 2.05) is 52.0 Å². The van der Waals surface area contributed by atoms with Crippen molar-refractivity contribution in [2.45, 2.75) is 33.3 Å². The maximum atomic E-state index is 5.57. The lowest BCUT2D eigenvalue weighted by atomic mass is 10.2. The summed E-state index contributed by atoms with van der Waals surface area (Å²) in [4.78, 5) is 8.11. The Morgan fingerprint density at radius 2 is 1.88 bits per heavy atom. The number of hydrogen-bond acceptors (Lipinski definition) is 2. The van der Waals surface area contributed by atoms with Crippen LogP contribution in [0.1, 0.15) is 26.3 Å². The molecule has 0 aliphatic heterocycles. The smallest absolute Gasteiger partial charge is 0.316 e. The fraction of sp³-hybridized carbons (Fsp3) is 0.385. The van der Waals surface area contributed by atoms with E-state index in [2.05, 4.69) is 16.7 Å². The van der Waals surface area contributed by atoms with E-state index in [9.17, 15) is 0 Å². The zero-order chi connectivity index (χ0) is 12.2. The highest BCUT2D eigenvalue weighted by Crippen LogP contribution is 2.19. The first-order valence-electron chi connectivity index (χ1n) is 5.22. The van der Waals surface area contributed by atoms with Crippen molar-refractivity contribution in [2.24, 2.45) is 9.98 Å². The molecule has 0 spiro atoms. The van der Waals surface area contributed by atoms with Crippen LogP contribution in [0.3, 0.4) is 0 Å². The Morgan fingerprint density at radius 3 is 2.38 bits per heavy atom. The Kier molecular flexibility index (Phi) is 3.82. The standard InChI is InChI=1S/C13H18N2O/c1-10-8-6-7-9-11(10)15-12(14-5)16-13(2,3)4/h6-9H,5H2,1-4H3/b15-12+. The summed E-state index contributed by atoms with van der Waals surface area (Å²) in [6, 6.07) is 8.13. The highest BCUT2D eigenvalue weighted by atomic mass is 16.5. The van der Waals surface area contributed by atoms with Crippen molar-refractivity contribution in [3.63, 3.8) is 0 Å². The molecule has 16 heavy (non-hydrogen) atoms. The van der Waals surface area contributed by atoms with E-state index in [-0.39, 0.29) is 5.60 Å². The molecule has 3 heteroatoms. The summed E-state index contributed by atoms with van der Waals surface area (Å²) in [5.74, 6) is 0. The van der Waals surface area contributed by atoms with Crippen molar-refractivity contribution in [3.8, 4) is 0 Å². The van der Waals surface area contributed by atoms with Crippen molar-refractivity contribution in [2.75, 3.05) is 0 Å². The van der Waals surface area contributed by atoms with Gasteiger partial charge in [-0.3, -0.25) is 0 Å². The van der Waals surface area contributed by atoms with Crippen LogP contribution < -0.4 is 0 Å². The van der Waals surface area contributed by atoms with Gasteiger partial charge in [-0.25, -0.2) is 4.99 Å². The minimum atomic E-state index is -0.317. The lowest BCUT2D eigenvalue weighted by molar-refractivity contribution is 0.114. The fourth-order valence-corrected chi connectivity index (χ4v) is 1.16. The number of ether oxygens (including phenoxy) is 1. The van der Waals surface area contributed by atoms with Gasteiger partial charge in [-0.05, 0) is 46.0 Å². The molecule has 0 aromatic heterocycles. The predicted octanol–water partition coefficient (Wildman–Crippen LogP) is 3.50. The van der Waals surface area contributed by atoms with Gasteiger partial charge in [-0.15, -0.1) is 0 Å². The van der Waals surface area contributed by atoms with Gasteiger partial charge in [0.05, 0.1) is 5.69 Å². The maximum absolute atomic E-state index is 5.57. The molecule has 0 atom stereocenters. The van der Waals surface area contributed by atoms with Crippen molar-refractivity contribution < 1.29 is 4.74 Å². The molecule has 0 N–H and O–H groups in total. The molecular formula is C13H18N2O. The number of aryl methyl sites for hydroxylation is 1. The van der Waals surface area contributed by atoms with Gasteiger partial charge in [0.25, 0.3) is 0 Å². The van der Waals surface area contributed by atoms with Crippen LogP contribution in [0.15, 0.2) is 34.3 Å². The molecule has 3 nitrogen and oxygen atoms in total. The fourth-order valence-electron chi connectivity index (χ4n) is 1.16. The van der Waals surface area contributed by atoms with Crippen molar-refractivity contribution in [1.29, 1.82) is 0 Å². The molecule has 0 fully saturated rings. The number of para-hydroxylation sites is 1. The molecule has 1 aromatic rings. The second-order valence-electron chi connectivity index (χ2n) is 4.55. The second-order valence-corrected chi connectivity index (χ2v) is 4.55. The van der Waals surface area contributed by atoms with E-state index < -0.39 is 0 Å². The van der Waals surface area contributed by atoms with Crippen LogP contribution in [0.4, 0.5) is 5.69 Å². The molecular weight excluding hydrogens is 200 g/mol. The number of benzene rings is 1. The van der Waals surface area contributed by atoms with Crippen LogP contribution in [0.25, 0.3) is 0 Å². The van der Waals surface area contributed by atoms with Crippen LogP contribution in [0.5, 0.6) is 0 Å². The van der Waals surface area contributed by atoms with Gasteiger partial charge in [-0.1, -0.05) is 18.2 Å². The lowest BCUT2D eigenvalue weighted by Gasteiger charge is -2.19. The van der Waals surface area contributed by atoms with E-state index >= 15 is 0 Å². The molecule has 0 aliphatic carbocycles.